The highest BCUT2D eigenvalue weighted by atomic mass is 32.2. The largest absolute Gasteiger partial charge is 0.355 e. The molecule has 0 spiro atoms. The van der Waals surface area contributed by atoms with Gasteiger partial charge in [-0.25, -0.2) is 0 Å². The van der Waals surface area contributed by atoms with E-state index in [2.05, 4.69) is 10.3 Å². The summed E-state index contributed by atoms with van der Waals surface area (Å²) in [5.41, 5.74) is 0. The molecule has 0 aromatic heterocycles. The van der Waals surface area contributed by atoms with Gasteiger partial charge in [-0.15, -0.1) is 0 Å². The molecule has 0 fully saturated rings. The minimum absolute atomic E-state index is 0.00782. The molecule has 0 saturated heterocycles. The zero-order valence-corrected chi connectivity index (χ0v) is 11.8. The van der Waals surface area contributed by atoms with Gasteiger partial charge in [-0.2, -0.15) is 4.99 Å². The number of hydrogen-bond donors (Lipinski definition) is 1. The summed E-state index contributed by atoms with van der Waals surface area (Å²) in [6, 6.07) is 0. The summed E-state index contributed by atoms with van der Waals surface area (Å²) in [6.07, 6.45) is 0. The van der Waals surface area contributed by atoms with Crippen molar-refractivity contribution in [2.24, 2.45) is 4.99 Å². The smallest absolute Gasteiger partial charge is 0.268 e. The number of nitrogens with zero attached hydrogens (tertiary/aromatic N) is 2. The molecule has 1 aliphatic heterocycles. The van der Waals surface area contributed by atoms with Crippen LogP contribution in [0.3, 0.4) is 0 Å². The highest BCUT2D eigenvalue weighted by molar-refractivity contribution is 8.15. The van der Waals surface area contributed by atoms with Crippen molar-refractivity contribution < 1.29 is 14.4 Å². The molecule has 0 aliphatic carbocycles. The van der Waals surface area contributed by atoms with Crippen LogP contribution in [-0.4, -0.2) is 45.6 Å². The molecule has 3 amide bonds. The Morgan fingerprint density at radius 2 is 2.06 bits per heavy atom. The topological polar surface area (TPSA) is 78.8 Å². The van der Waals surface area contributed by atoms with Gasteiger partial charge in [-0.1, -0.05) is 11.8 Å². The van der Waals surface area contributed by atoms with E-state index in [0.29, 0.717) is 11.7 Å². The van der Waals surface area contributed by atoms with Gasteiger partial charge in [0.05, 0.1) is 0 Å². The van der Waals surface area contributed by atoms with E-state index in [4.69, 9.17) is 0 Å². The Hall–Kier alpha value is -1.37. The Balaban J connectivity index is 2.70. The summed E-state index contributed by atoms with van der Waals surface area (Å²) < 4.78 is -0.344. The second kappa shape index (κ2) is 5.51. The van der Waals surface area contributed by atoms with Crippen molar-refractivity contribution in [3.05, 3.63) is 0 Å². The van der Waals surface area contributed by atoms with E-state index < -0.39 is 0 Å². The van der Waals surface area contributed by atoms with Gasteiger partial charge in [0.2, 0.25) is 11.8 Å². The monoisotopic (exact) mass is 271 g/mol. The maximum Gasteiger partial charge on any atom is 0.268 e. The predicted molar refractivity (Wildman–Crippen MR) is 70.2 cm³/mol. The summed E-state index contributed by atoms with van der Waals surface area (Å²) in [5, 5.41) is 3.12. The molecule has 100 valence electrons. The van der Waals surface area contributed by atoms with Gasteiger partial charge in [-0.05, 0) is 13.8 Å². The summed E-state index contributed by atoms with van der Waals surface area (Å²) in [6.45, 7) is 7.11. The van der Waals surface area contributed by atoms with Crippen LogP contribution in [0.2, 0.25) is 0 Å². The number of amidine groups is 1. The van der Waals surface area contributed by atoms with Crippen LogP contribution in [0.5, 0.6) is 0 Å². The van der Waals surface area contributed by atoms with Gasteiger partial charge < -0.3 is 5.32 Å². The Morgan fingerprint density at radius 1 is 1.44 bits per heavy atom. The number of thioether (sulfide) groups is 1. The van der Waals surface area contributed by atoms with Gasteiger partial charge in [0.1, 0.15) is 6.54 Å². The summed E-state index contributed by atoms with van der Waals surface area (Å²) in [5.74, 6) is -0.637. The van der Waals surface area contributed by atoms with Crippen LogP contribution in [-0.2, 0) is 14.4 Å². The van der Waals surface area contributed by atoms with Gasteiger partial charge in [0.15, 0.2) is 5.17 Å². The maximum absolute atomic E-state index is 11.4. The van der Waals surface area contributed by atoms with Crippen LogP contribution in [0.1, 0.15) is 27.7 Å². The molecule has 1 aliphatic rings. The third-order valence-corrected chi connectivity index (χ3v) is 3.45. The lowest BCUT2D eigenvalue weighted by molar-refractivity contribution is -0.127. The van der Waals surface area contributed by atoms with E-state index in [-0.39, 0.29) is 29.0 Å². The molecule has 0 aromatic carbocycles. The Kier molecular flexibility index (Phi) is 4.50. The molecule has 0 radical (unpaired) electrons. The molecule has 7 heteroatoms. The van der Waals surface area contributed by atoms with Crippen molar-refractivity contribution in [1.82, 2.24) is 10.2 Å². The Morgan fingerprint density at radius 3 is 2.56 bits per heavy atom. The SMILES string of the molecule is CC(=O)NCC(C)(C)SC1=NC(=O)CN1C(C)=O. The second-order valence-electron chi connectivity index (χ2n) is 4.66. The number of nitrogens with one attached hydrogen (secondary N) is 1. The summed E-state index contributed by atoms with van der Waals surface area (Å²) >= 11 is 1.31. The van der Waals surface area contributed by atoms with E-state index in [0.717, 1.165) is 0 Å². The van der Waals surface area contributed by atoms with Crippen LogP contribution in [0.4, 0.5) is 0 Å². The first-order valence-corrected chi connectivity index (χ1v) is 6.36. The molecule has 1 heterocycles. The van der Waals surface area contributed by atoms with E-state index >= 15 is 0 Å². The van der Waals surface area contributed by atoms with Crippen molar-refractivity contribution in [2.45, 2.75) is 32.4 Å². The first-order valence-electron chi connectivity index (χ1n) is 5.54. The lowest BCUT2D eigenvalue weighted by Crippen LogP contribution is -2.39. The molecule has 0 bridgehead atoms. The van der Waals surface area contributed by atoms with Gasteiger partial charge in [0.25, 0.3) is 5.91 Å². The molecule has 1 N–H and O–H groups in total. The zero-order valence-electron chi connectivity index (χ0n) is 10.9. The number of aliphatic imine (C=N–C) groups is 1. The van der Waals surface area contributed by atoms with Gasteiger partial charge in [0, 0.05) is 25.1 Å². The number of hydrogen-bond acceptors (Lipinski definition) is 4. The van der Waals surface area contributed by atoms with Crippen molar-refractivity contribution in [1.29, 1.82) is 0 Å². The predicted octanol–water partition coefficient (Wildman–Crippen LogP) is 0.379. The van der Waals surface area contributed by atoms with Gasteiger partial charge >= 0.3 is 0 Å². The van der Waals surface area contributed by atoms with Crippen LogP contribution in [0.25, 0.3) is 0 Å². The summed E-state index contributed by atoms with van der Waals surface area (Å²) in [4.78, 5) is 38.7. The number of carbonyl (C=O) groups is 3. The number of rotatable bonds is 3. The molecule has 18 heavy (non-hydrogen) atoms. The molecule has 0 saturated carbocycles. The summed E-state index contributed by atoms with van der Waals surface area (Å²) in [7, 11) is 0. The molecular formula is C11H17N3O3S. The van der Waals surface area contributed by atoms with Crippen LogP contribution >= 0.6 is 11.8 Å². The fourth-order valence-electron chi connectivity index (χ4n) is 1.35. The fraction of sp³-hybridized carbons (Fsp3) is 0.636. The number of carbonyl (C=O) groups excluding carboxylic acids is 3. The van der Waals surface area contributed by atoms with E-state index in [1.165, 1.54) is 30.5 Å². The fourth-order valence-corrected chi connectivity index (χ4v) is 2.44. The Labute approximate surface area is 110 Å². The first kappa shape index (κ1) is 14.7. The number of amides is 3. The third kappa shape index (κ3) is 4.14. The average molecular weight is 271 g/mol. The average Bonchev–Trinajstić information content (AvgIpc) is 2.56. The quantitative estimate of drug-likeness (QED) is 0.805. The van der Waals surface area contributed by atoms with Crippen LogP contribution in [0.15, 0.2) is 4.99 Å². The standard InChI is InChI=1S/C11H17N3O3S/c1-7(15)12-6-11(3,4)18-10-13-9(17)5-14(10)8(2)16/h5-6H2,1-4H3,(H,12,15). The third-order valence-electron chi connectivity index (χ3n) is 2.26. The highest BCUT2D eigenvalue weighted by Gasteiger charge is 2.32. The molecule has 6 nitrogen and oxygen atoms in total. The molecular weight excluding hydrogens is 254 g/mol. The van der Waals surface area contributed by atoms with Crippen molar-refractivity contribution >= 4 is 34.7 Å². The van der Waals surface area contributed by atoms with Crippen LogP contribution < -0.4 is 5.32 Å². The van der Waals surface area contributed by atoms with Crippen molar-refractivity contribution in [3.63, 3.8) is 0 Å². The highest BCUT2D eigenvalue weighted by Crippen LogP contribution is 2.28. The lowest BCUT2D eigenvalue weighted by atomic mass is 10.2. The maximum atomic E-state index is 11.4. The molecule has 0 atom stereocenters. The van der Waals surface area contributed by atoms with Crippen molar-refractivity contribution in [3.8, 4) is 0 Å². The minimum Gasteiger partial charge on any atom is -0.355 e. The van der Waals surface area contributed by atoms with E-state index in [1.807, 2.05) is 13.8 Å². The molecule has 1 rings (SSSR count). The normalized spacial score (nSPS) is 15.7. The van der Waals surface area contributed by atoms with E-state index in [9.17, 15) is 14.4 Å². The lowest BCUT2D eigenvalue weighted by Gasteiger charge is -2.26. The van der Waals surface area contributed by atoms with E-state index in [1.54, 1.807) is 0 Å². The first-order chi connectivity index (χ1) is 8.21. The zero-order chi connectivity index (χ0) is 13.9. The van der Waals surface area contributed by atoms with Gasteiger partial charge in [-0.3, -0.25) is 19.3 Å². The van der Waals surface area contributed by atoms with Crippen LogP contribution in [0, 0.1) is 0 Å². The molecule has 0 unspecified atom stereocenters. The van der Waals surface area contributed by atoms with Crippen molar-refractivity contribution in [2.75, 3.05) is 13.1 Å². The Bertz CT molecular complexity index is 418. The minimum atomic E-state index is -0.344. The molecule has 0 aromatic rings. The second-order valence-corrected chi connectivity index (χ2v) is 6.34.